The van der Waals surface area contributed by atoms with Crippen molar-refractivity contribution >= 4 is 24.0 Å². The van der Waals surface area contributed by atoms with Crippen molar-refractivity contribution in [1.82, 2.24) is 15.1 Å². The second-order valence-corrected chi connectivity index (χ2v) is 3.89. The quantitative estimate of drug-likeness (QED) is 0.849. The third-order valence-corrected chi connectivity index (χ3v) is 2.45. The first-order valence-electron chi connectivity index (χ1n) is 5.59. The highest BCUT2D eigenvalue weighted by atomic mass is 35.5. The van der Waals surface area contributed by atoms with Gasteiger partial charge >= 0.3 is 0 Å². The van der Waals surface area contributed by atoms with Gasteiger partial charge in [0, 0.05) is 19.3 Å². The van der Waals surface area contributed by atoms with Gasteiger partial charge in [-0.05, 0) is 0 Å². The molecular formula is C10H15ClF2N4O2. The number of anilines is 1. The molecule has 19 heavy (non-hydrogen) atoms. The Morgan fingerprint density at radius 3 is 3.11 bits per heavy atom. The van der Waals surface area contributed by atoms with Gasteiger partial charge in [-0.1, -0.05) is 0 Å². The third kappa shape index (κ3) is 4.73. The molecule has 9 heteroatoms. The van der Waals surface area contributed by atoms with Gasteiger partial charge in [0.2, 0.25) is 0 Å². The molecular weight excluding hydrogens is 282 g/mol. The molecule has 1 aliphatic rings. The van der Waals surface area contributed by atoms with Crippen molar-refractivity contribution in [3.8, 4) is 0 Å². The standard InChI is InChI=1S/C10H14F2N4O2.ClH/c11-9(12)6-16-5-7(3-14-16)15-10(17)8-4-13-1-2-18-8;/h3,5,8-9,13H,1-2,4,6H2,(H,15,17);1H. The molecule has 1 amide bonds. The van der Waals surface area contributed by atoms with E-state index in [1.54, 1.807) is 0 Å². The number of amides is 1. The van der Waals surface area contributed by atoms with Gasteiger partial charge in [0.25, 0.3) is 12.3 Å². The molecule has 0 bridgehead atoms. The molecule has 0 aliphatic carbocycles. The SMILES string of the molecule is Cl.O=C(Nc1cnn(CC(F)F)c1)C1CNCCO1. The molecule has 0 radical (unpaired) electrons. The predicted octanol–water partition coefficient (Wildman–Crippen LogP) is 0.497. The lowest BCUT2D eigenvalue weighted by atomic mass is 10.3. The fourth-order valence-corrected chi connectivity index (χ4v) is 1.63. The Bertz CT molecular complexity index is 410. The minimum atomic E-state index is -2.47. The van der Waals surface area contributed by atoms with Crippen LogP contribution in [0.4, 0.5) is 14.5 Å². The fraction of sp³-hybridized carbons (Fsp3) is 0.600. The lowest BCUT2D eigenvalue weighted by Gasteiger charge is -2.22. The van der Waals surface area contributed by atoms with Crippen molar-refractivity contribution < 1.29 is 18.3 Å². The number of morpholine rings is 1. The molecule has 1 fully saturated rings. The molecule has 1 atom stereocenters. The Morgan fingerprint density at radius 1 is 1.68 bits per heavy atom. The van der Waals surface area contributed by atoms with E-state index in [0.717, 1.165) is 11.2 Å². The lowest BCUT2D eigenvalue weighted by Crippen LogP contribution is -2.45. The molecule has 1 unspecified atom stereocenters. The fourth-order valence-electron chi connectivity index (χ4n) is 1.63. The molecule has 2 N–H and O–H groups in total. The highest BCUT2D eigenvalue weighted by Crippen LogP contribution is 2.08. The first kappa shape index (κ1) is 15.8. The number of carbonyl (C=O) groups excluding carboxylic acids is 1. The van der Waals surface area contributed by atoms with Crippen molar-refractivity contribution in [1.29, 1.82) is 0 Å². The summed E-state index contributed by atoms with van der Waals surface area (Å²) in [5, 5.41) is 9.32. The molecule has 1 aromatic rings. The summed E-state index contributed by atoms with van der Waals surface area (Å²) in [5.74, 6) is -0.307. The Hall–Kier alpha value is -1.25. The van der Waals surface area contributed by atoms with E-state index in [1.807, 2.05) is 0 Å². The number of aromatic nitrogens is 2. The maximum Gasteiger partial charge on any atom is 0.257 e. The molecule has 1 saturated heterocycles. The summed E-state index contributed by atoms with van der Waals surface area (Å²) < 4.78 is 30.6. The van der Waals surface area contributed by atoms with Gasteiger partial charge in [0.15, 0.2) is 0 Å². The molecule has 6 nitrogen and oxygen atoms in total. The predicted molar refractivity (Wildman–Crippen MR) is 66.7 cm³/mol. The van der Waals surface area contributed by atoms with Gasteiger partial charge in [-0.15, -0.1) is 12.4 Å². The first-order valence-corrected chi connectivity index (χ1v) is 5.59. The minimum Gasteiger partial charge on any atom is -0.366 e. The molecule has 2 heterocycles. The zero-order valence-corrected chi connectivity index (χ0v) is 10.8. The van der Waals surface area contributed by atoms with Crippen LogP contribution in [-0.2, 0) is 16.1 Å². The second-order valence-electron chi connectivity index (χ2n) is 3.89. The Morgan fingerprint density at radius 2 is 2.47 bits per heavy atom. The van der Waals surface area contributed by atoms with E-state index in [-0.39, 0.29) is 18.3 Å². The van der Waals surface area contributed by atoms with Crippen LogP contribution in [0.15, 0.2) is 12.4 Å². The van der Waals surface area contributed by atoms with E-state index in [9.17, 15) is 13.6 Å². The van der Waals surface area contributed by atoms with Crippen molar-refractivity contribution in [2.45, 2.75) is 19.1 Å². The number of alkyl halides is 2. The van der Waals surface area contributed by atoms with Crippen LogP contribution in [0, 0.1) is 0 Å². The van der Waals surface area contributed by atoms with Crippen molar-refractivity contribution in [2.75, 3.05) is 25.0 Å². The maximum atomic E-state index is 12.1. The summed E-state index contributed by atoms with van der Waals surface area (Å²) in [6, 6.07) is 0. The van der Waals surface area contributed by atoms with Gasteiger partial charge in [-0.25, -0.2) is 8.78 Å². The van der Waals surface area contributed by atoms with Gasteiger partial charge in [0.1, 0.15) is 12.6 Å². The molecule has 1 aliphatic heterocycles. The summed E-state index contributed by atoms with van der Waals surface area (Å²) in [6.45, 7) is 1.15. The van der Waals surface area contributed by atoms with E-state index in [2.05, 4.69) is 15.7 Å². The molecule has 0 saturated carbocycles. The molecule has 0 aromatic carbocycles. The first-order chi connectivity index (χ1) is 8.65. The van der Waals surface area contributed by atoms with Crippen LogP contribution >= 0.6 is 12.4 Å². The maximum absolute atomic E-state index is 12.1. The average Bonchev–Trinajstić information content (AvgIpc) is 2.76. The van der Waals surface area contributed by atoms with Crippen LogP contribution in [0.25, 0.3) is 0 Å². The number of halogens is 3. The summed E-state index contributed by atoms with van der Waals surface area (Å²) in [7, 11) is 0. The highest BCUT2D eigenvalue weighted by Gasteiger charge is 2.22. The van der Waals surface area contributed by atoms with E-state index >= 15 is 0 Å². The van der Waals surface area contributed by atoms with Crippen LogP contribution in [0.3, 0.4) is 0 Å². The highest BCUT2D eigenvalue weighted by molar-refractivity contribution is 5.94. The average molecular weight is 297 g/mol. The normalized spacial score (nSPS) is 19.0. The Labute approximate surface area is 114 Å². The number of ether oxygens (including phenoxy) is 1. The van der Waals surface area contributed by atoms with Crippen molar-refractivity contribution in [3.63, 3.8) is 0 Å². The molecule has 1 aromatic heterocycles. The number of nitrogens with one attached hydrogen (secondary N) is 2. The lowest BCUT2D eigenvalue weighted by molar-refractivity contribution is -0.128. The van der Waals surface area contributed by atoms with E-state index < -0.39 is 19.1 Å². The van der Waals surface area contributed by atoms with Crippen molar-refractivity contribution in [3.05, 3.63) is 12.4 Å². The summed E-state index contributed by atoms with van der Waals surface area (Å²) in [4.78, 5) is 11.7. The molecule has 0 spiro atoms. The Balaban J connectivity index is 0.00000180. The van der Waals surface area contributed by atoms with E-state index in [1.165, 1.54) is 12.4 Å². The third-order valence-electron chi connectivity index (χ3n) is 2.45. The van der Waals surface area contributed by atoms with Gasteiger partial charge in [-0.2, -0.15) is 5.10 Å². The largest absolute Gasteiger partial charge is 0.366 e. The van der Waals surface area contributed by atoms with Crippen LogP contribution in [0.1, 0.15) is 0 Å². The smallest absolute Gasteiger partial charge is 0.257 e. The minimum absolute atomic E-state index is 0. The van der Waals surface area contributed by atoms with Gasteiger partial charge in [-0.3, -0.25) is 9.48 Å². The van der Waals surface area contributed by atoms with Gasteiger partial charge < -0.3 is 15.4 Å². The van der Waals surface area contributed by atoms with Crippen LogP contribution in [0.5, 0.6) is 0 Å². The van der Waals surface area contributed by atoms with Crippen LogP contribution < -0.4 is 10.6 Å². The molecule has 108 valence electrons. The zero-order chi connectivity index (χ0) is 13.0. The summed E-state index contributed by atoms with van der Waals surface area (Å²) in [6.07, 6.45) is -0.340. The van der Waals surface area contributed by atoms with Crippen LogP contribution in [-0.4, -0.2) is 47.9 Å². The number of nitrogens with zero attached hydrogens (tertiary/aromatic N) is 2. The van der Waals surface area contributed by atoms with Crippen molar-refractivity contribution in [2.24, 2.45) is 0 Å². The van der Waals surface area contributed by atoms with Crippen LogP contribution in [0.2, 0.25) is 0 Å². The molecule has 2 rings (SSSR count). The number of rotatable bonds is 4. The summed E-state index contributed by atoms with van der Waals surface area (Å²) in [5.41, 5.74) is 0.384. The Kier molecular flexibility index (Phi) is 6.13. The zero-order valence-electron chi connectivity index (χ0n) is 10.0. The van der Waals surface area contributed by atoms with E-state index in [4.69, 9.17) is 4.74 Å². The number of hydrogen-bond acceptors (Lipinski definition) is 4. The summed E-state index contributed by atoms with van der Waals surface area (Å²) >= 11 is 0. The number of carbonyl (C=O) groups is 1. The number of hydrogen-bond donors (Lipinski definition) is 2. The van der Waals surface area contributed by atoms with E-state index in [0.29, 0.717) is 18.8 Å². The monoisotopic (exact) mass is 296 g/mol. The van der Waals surface area contributed by atoms with Gasteiger partial charge in [0.05, 0.1) is 18.5 Å². The topological polar surface area (TPSA) is 68.2 Å². The second kappa shape index (κ2) is 7.37.